The first-order chi connectivity index (χ1) is 11.2. The maximum Gasteiger partial charge on any atom is 0.220 e. The molecule has 0 spiro atoms. The van der Waals surface area contributed by atoms with E-state index in [0.717, 1.165) is 30.6 Å². The van der Waals surface area contributed by atoms with Crippen molar-refractivity contribution < 1.29 is 9.53 Å². The minimum Gasteiger partial charge on any atom is -0.377 e. The first-order valence-electron chi connectivity index (χ1n) is 8.80. The molecule has 1 aromatic rings. The average Bonchev–Trinajstić information content (AvgIpc) is 2.60. The molecule has 2 rings (SSSR count). The van der Waals surface area contributed by atoms with Crippen molar-refractivity contribution in [3.05, 3.63) is 35.4 Å². The summed E-state index contributed by atoms with van der Waals surface area (Å²) in [4.78, 5) is 12.3. The summed E-state index contributed by atoms with van der Waals surface area (Å²) in [5, 5.41) is 3.04. The van der Waals surface area contributed by atoms with Gasteiger partial charge < -0.3 is 15.8 Å². The van der Waals surface area contributed by atoms with Crippen LogP contribution in [0, 0.1) is 5.41 Å². The molecule has 0 aliphatic heterocycles. The van der Waals surface area contributed by atoms with Crippen LogP contribution in [0.3, 0.4) is 0 Å². The van der Waals surface area contributed by atoms with Crippen LogP contribution < -0.4 is 11.1 Å². The first kappa shape index (κ1) is 18.0. The molecule has 0 radical (unpaired) electrons. The molecule has 4 nitrogen and oxygen atoms in total. The number of hydrogen-bond acceptors (Lipinski definition) is 3. The smallest absolute Gasteiger partial charge is 0.220 e. The number of benzene rings is 1. The molecule has 128 valence electrons. The van der Waals surface area contributed by atoms with Crippen LogP contribution in [0.1, 0.15) is 56.6 Å². The number of amides is 1. The van der Waals surface area contributed by atoms with Crippen molar-refractivity contribution in [2.45, 2.75) is 58.6 Å². The van der Waals surface area contributed by atoms with E-state index in [1.807, 2.05) is 19.1 Å². The van der Waals surface area contributed by atoms with E-state index >= 15 is 0 Å². The number of carbonyl (C=O) groups is 1. The zero-order valence-corrected chi connectivity index (χ0v) is 14.3. The van der Waals surface area contributed by atoms with Gasteiger partial charge in [-0.3, -0.25) is 4.79 Å². The van der Waals surface area contributed by atoms with Gasteiger partial charge in [0, 0.05) is 19.6 Å². The summed E-state index contributed by atoms with van der Waals surface area (Å²) in [7, 11) is 0. The Hall–Kier alpha value is -1.39. The molecule has 0 heterocycles. The third kappa shape index (κ3) is 5.63. The number of nitrogens with one attached hydrogen (secondary N) is 1. The highest BCUT2D eigenvalue weighted by Crippen LogP contribution is 2.38. The molecular formula is C19H30N2O2. The molecule has 1 aromatic carbocycles. The number of nitrogens with two attached hydrogens (primary N) is 1. The Kier molecular flexibility index (Phi) is 7.06. The van der Waals surface area contributed by atoms with Crippen LogP contribution >= 0.6 is 0 Å². The summed E-state index contributed by atoms with van der Waals surface area (Å²) >= 11 is 0. The van der Waals surface area contributed by atoms with E-state index in [1.165, 1.54) is 19.3 Å². The first-order valence-corrected chi connectivity index (χ1v) is 8.80. The van der Waals surface area contributed by atoms with Gasteiger partial charge >= 0.3 is 0 Å². The summed E-state index contributed by atoms with van der Waals surface area (Å²) in [5.41, 5.74) is 8.26. The average molecular weight is 318 g/mol. The van der Waals surface area contributed by atoms with Crippen molar-refractivity contribution in [1.29, 1.82) is 0 Å². The van der Waals surface area contributed by atoms with E-state index in [9.17, 15) is 4.79 Å². The Bertz CT molecular complexity index is 479. The van der Waals surface area contributed by atoms with Crippen molar-refractivity contribution in [2.24, 2.45) is 11.1 Å². The van der Waals surface area contributed by atoms with E-state index in [1.54, 1.807) is 0 Å². The van der Waals surface area contributed by atoms with Crippen LogP contribution in [-0.4, -0.2) is 19.1 Å². The number of hydrogen-bond donors (Lipinski definition) is 2. The van der Waals surface area contributed by atoms with Gasteiger partial charge in [0.25, 0.3) is 0 Å². The molecule has 23 heavy (non-hydrogen) atoms. The number of ether oxygens (including phenoxy) is 1. The lowest BCUT2D eigenvalue weighted by Gasteiger charge is -2.35. The zero-order valence-electron chi connectivity index (χ0n) is 14.3. The minimum atomic E-state index is 0.0314. The predicted octanol–water partition coefficient (Wildman–Crippen LogP) is 3.14. The van der Waals surface area contributed by atoms with Gasteiger partial charge in [0.15, 0.2) is 0 Å². The lowest BCUT2D eigenvalue weighted by atomic mass is 9.71. The largest absolute Gasteiger partial charge is 0.377 e. The summed E-state index contributed by atoms with van der Waals surface area (Å²) in [5.74, 6) is 0.121. The molecule has 0 aromatic heterocycles. The molecule has 0 atom stereocenters. The maximum absolute atomic E-state index is 12.3. The Balaban J connectivity index is 1.79. The number of rotatable bonds is 8. The Morgan fingerprint density at radius 2 is 1.83 bits per heavy atom. The van der Waals surface area contributed by atoms with Gasteiger partial charge in [-0.2, -0.15) is 0 Å². The van der Waals surface area contributed by atoms with Crippen molar-refractivity contribution in [3.8, 4) is 0 Å². The topological polar surface area (TPSA) is 64.3 Å². The highest BCUT2D eigenvalue weighted by molar-refractivity contribution is 5.76. The van der Waals surface area contributed by atoms with E-state index in [2.05, 4.69) is 17.4 Å². The van der Waals surface area contributed by atoms with Gasteiger partial charge in [0.05, 0.1) is 6.61 Å². The molecule has 0 unspecified atom stereocenters. The normalized spacial score (nSPS) is 17.0. The fraction of sp³-hybridized carbons (Fsp3) is 0.632. The van der Waals surface area contributed by atoms with E-state index in [-0.39, 0.29) is 11.3 Å². The van der Waals surface area contributed by atoms with Gasteiger partial charge in [-0.15, -0.1) is 0 Å². The fourth-order valence-corrected chi connectivity index (χ4v) is 3.33. The highest BCUT2D eigenvalue weighted by Gasteiger charge is 2.32. The minimum absolute atomic E-state index is 0.0314. The molecule has 1 aliphatic rings. The molecule has 1 amide bonds. The summed E-state index contributed by atoms with van der Waals surface area (Å²) in [6, 6.07) is 8.21. The van der Waals surface area contributed by atoms with Crippen LogP contribution in [0.25, 0.3) is 0 Å². The van der Waals surface area contributed by atoms with E-state index in [4.69, 9.17) is 10.5 Å². The van der Waals surface area contributed by atoms with Crippen LogP contribution in [0.4, 0.5) is 0 Å². The maximum atomic E-state index is 12.3. The standard InChI is InChI=1S/C19H30N2O2/c1-2-23-14-17-8-6-16(7-9-17)13-21-18(22)12-19(15-20)10-4-3-5-11-19/h6-9H,2-5,10-15,20H2,1H3,(H,21,22). The Morgan fingerprint density at radius 1 is 1.17 bits per heavy atom. The summed E-state index contributed by atoms with van der Waals surface area (Å²) < 4.78 is 5.38. The summed E-state index contributed by atoms with van der Waals surface area (Å²) in [6.07, 6.45) is 6.41. The molecule has 0 saturated heterocycles. The van der Waals surface area contributed by atoms with E-state index < -0.39 is 0 Å². The highest BCUT2D eigenvalue weighted by atomic mass is 16.5. The van der Waals surface area contributed by atoms with Crippen molar-refractivity contribution in [2.75, 3.05) is 13.2 Å². The lowest BCUT2D eigenvalue weighted by Crippen LogP contribution is -2.38. The third-order valence-corrected chi connectivity index (χ3v) is 4.87. The van der Waals surface area contributed by atoms with Crippen molar-refractivity contribution >= 4 is 5.91 Å². The predicted molar refractivity (Wildman–Crippen MR) is 92.8 cm³/mol. The van der Waals surface area contributed by atoms with E-state index in [0.29, 0.717) is 26.1 Å². The van der Waals surface area contributed by atoms with Gasteiger partial charge in [0.1, 0.15) is 0 Å². The zero-order chi connectivity index (χ0) is 16.5. The lowest BCUT2D eigenvalue weighted by molar-refractivity contribution is -0.124. The van der Waals surface area contributed by atoms with Gasteiger partial charge in [-0.1, -0.05) is 43.5 Å². The Labute approximate surface area is 139 Å². The second-order valence-electron chi connectivity index (χ2n) is 6.67. The van der Waals surface area contributed by atoms with Crippen molar-refractivity contribution in [3.63, 3.8) is 0 Å². The van der Waals surface area contributed by atoms with Crippen molar-refractivity contribution in [1.82, 2.24) is 5.32 Å². The monoisotopic (exact) mass is 318 g/mol. The number of carbonyl (C=O) groups excluding carboxylic acids is 1. The molecule has 3 N–H and O–H groups in total. The molecule has 1 aliphatic carbocycles. The molecular weight excluding hydrogens is 288 g/mol. The molecule has 1 fully saturated rings. The van der Waals surface area contributed by atoms with Crippen LogP contribution in [0.15, 0.2) is 24.3 Å². The molecule has 1 saturated carbocycles. The van der Waals surface area contributed by atoms with Gasteiger partial charge in [-0.25, -0.2) is 0 Å². The second-order valence-corrected chi connectivity index (χ2v) is 6.67. The van der Waals surface area contributed by atoms with Gasteiger partial charge in [-0.05, 0) is 42.9 Å². The van der Waals surface area contributed by atoms with Crippen LogP contribution in [0.2, 0.25) is 0 Å². The Morgan fingerprint density at radius 3 is 2.43 bits per heavy atom. The molecule has 0 bridgehead atoms. The molecule has 4 heteroatoms. The fourth-order valence-electron chi connectivity index (χ4n) is 3.33. The summed E-state index contributed by atoms with van der Waals surface area (Å²) in [6.45, 7) is 4.55. The quantitative estimate of drug-likeness (QED) is 0.774. The van der Waals surface area contributed by atoms with Crippen LogP contribution in [0.5, 0.6) is 0 Å². The van der Waals surface area contributed by atoms with Gasteiger partial charge in [0.2, 0.25) is 5.91 Å². The van der Waals surface area contributed by atoms with Crippen LogP contribution in [-0.2, 0) is 22.7 Å². The third-order valence-electron chi connectivity index (χ3n) is 4.87. The SMILES string of the molecule is CCOCc1ccc(CNC(=O)CC2(CN)CCCCC2)cc1. The second kappa shape index (κ2) is 9.04.